The van der Waals surface area contributed by atoms with Gasteiger partial charge in [-0.1, -0.05) is 18.2 Å². The molecule has 9 heteroatoms. The molecule has 2 amide bonds. The van der Waals surface area contributed by atoms with Gasteiger partial charge in [-0.3, -0.25) is 9.54 Å². The Morgan fingerprint density at radius 1 is 0.897 bits per heavy atom. The normalized spacial score (nSPS) is 11.5. The summed E-state index contributed by atoms with van der Waals surface area (Å²) in [6, 6.07) is 15.5. The number of hydrogen-bond donors (Lipinski definition) is 4. The van der Waals surface area contributed by atoms with Crippen LogP contribution in [0, 0.1) is 0 Å². The maximum absolute atomic E-state index is 12.3. The van der Waals surface area contributed by atoms with Crippen molar-refractivity contribution in [1.82, 2.24) is 4.98 Å². The third-order valence-corrected chi connectivity index (χ3v) is 5.14. The lowest BCUT2D eigenvalue weighted by Gasteiger charge is -2.10. The number of phenols is 1. The Morgan fingerprint density at radius 2 is 1.62 bits per heavy atom. The summed E-state index contributed by atoms with van der Waals surface area (Å²) < 4.78 is 31.9. The number of phenolic OH excluding ortho intramolecular Hbond substituents is 1. The Balaban J connectivity index is 1.58. The number of hydrogen-bond acceptors (Lipinski definition) is 5. The van der Waals surface area contributed by atoms with Crippen molar-refractivity contribution in [3.05, 3.63) is 66.9 Å². The molecule has 4 aromatic rings. The van der Waals surface area contributed by atoms with E-state index in [2.05, 4.69) is 15.6 Å². The fraction of sp³-hybridized carbons (Fsp3) is 0. The molecule has 0 aliphatic carbocycles. The van der Waals surface area contributed by atoms with Gasteiger partial charge in [0.25, 0.3) is 10.1 Å². The third kappa shape index (κ3) is 3.96. The Hall–Kier alpha value is -3.69. The lowest BCUT2D eigenvalue weighted by atomic mass is 10.1. The smallest absolute Gasteiger partial charge is 0.323 e. The molecule has 0 bridgehead atoms. The maximum Gasteiger partial charge on any atom is 0.323 e. The lowest BCUT2D eigenvalue weighted by Crippen LogP contribution is -2.19. The van der Waals surface area contributed by atoms with E-state index in [0.29, 0.717) is 22.1 Å². The van der Waals surface area contributed by atoms with Crippen LogP contribution in [0.2, 0.25) is 0 Å². The Morgan fingerprint density at radius 3 is 2.41 bits per heavy atom. The van der Waals surface area contributed by atoms with Crippen LogP contribution in [0.3, 0.4) is 0 Å². The van der Waals surface area contributed by atoms with Crippen molar-refractivity contribution in [2.75, 3.05) is 10.6 Å². The fourth-order valence-electron chi connectivity index (χ4n) is 2.98. The zero-order valence-electron chi connectivity index (χ0n) is 14.8. The van der Waals surface area contributed by atoms with Crippen molar-refractivity contribution in [3.63, 3.8) is 0 Å². The highest BCUT2D eigenvalue weighted by Crippen LogP contribution is 2.30. The number of nitrogens with zero attached hydrogens (tertiary/aromatic N) is 1. The molecule has 29 heavy (non-hydrogen) atoms. The van der Waals surface area contributed by atoms with E-state index in [4.69, 9.17) is 0 Å². The van der Waals surface area contributed by atoms with Crippen molar-refractivity contribution in [2.24, 2.45) is 0 Å². The molecule has 4 N–H and O–H groups in total. The Bertz CT molecular complexity index is 1370. The number of pyridine rings is 1. The van der Waals surface area contributed by atoms with Gasteiger partial charge in [-0.25, -0.2) is 4.79 Å². The predicted octanol–water partition coefficient (Wildman–Crippen LogP) is 3.98. The number of amides is 2. The number of anilines is 2. The lowest BCUT2D eigenvalue weighted by molar-refractivity contribution is 0.262. The molecular weight excluding hydrogens is 394 g/mol. The number of carbonyl (C=O) groups excluding carboxylic acids is 1. The van der Waals surface area contributed by atoms with Crippen LogP contribution in [0.1, 0.15) is 0 Å². The van der Waals surface area contributed by atoms with E-state index < -0.39 is 21.0 Å². The van der Waals surface area contributed by atoms with Gasteiger partial charge in [-0.2, -0.15) is 8.42 Å². The van der Waals surface area contributed by atoms with Gasteiger partial charge in [0.1, 0.15) is 5.75 Å². The van der Waals surface area contributed by atoms with Gasteiger partial charge in [0.2, 0.25) is 0 Å². The van der Waals surface area contributed by atoms with Crippen LogP contribution >= 0.6 is 0 Å². The zero-order valence-corrected chi connectivity index (χ0v) is 15.6. The maximum atomic E-state index is 12.3. The first-order chi connectivity index (χ1) is 13.8. The molecule has 4 rings (SSSR count). The molecule has 1 heterocycles. The number of aromatic nitrogens is 1. The summed E-state index contributed by atoms with van der Waals surface area (Å²) in [4.78, 5) is 16.1. The summed E-state index contributed by atoms with van der Waals surface area (Å²) in [5.74, 6) is -0.298. The van der Waals surface area contributed by atoms with Gasteiger partial charge >= 0.3 is 6.03 Å². The SMILES string of the molecule is O=C(Nc1cnc2ccccc2c1)Nc1ccc2c(O)cc(S(=O)(=O)O)cc2c1. The van der Waals surface area contributed by atoms with E-state index in [9.17, 15) is 22.9 Å². The summed E-state index contributed by atoms with van der Waals surface area (Å²) in [7, 11) is -4.48. The highest BCUT2D eigenvalue weighted by molar-refractivity contribution is 7.85. The van der Waals surface area contributed by atoms with Gasteiger partial charge in [0, 0.05) is 22.5 Å². The molecule has 146 valence electrons. The minimum Gasteiger partial charge on any atom is -0.507 e. The molecule has 0 spiro atoms. The summed E-state index contributed by atoms with van der Waals surface area (Å²) in [6.07, 6.45) is 1.54. The molecule has 1 aromatic heterocycles. The second-order valence-corrected chi connectivity index (χ2v) is 7.77. The molecule has 0 radical (unpaired) electrons. The van der Waals surface area contributed by atoms with Gasteiger partial charge < -0.3 is 15.7 Å². The predicted molar refractivity (Wildman–Crippen MR) is 110 cm³/mol. The first-order valence-corrected chi connectivity index (χ1v) is 9.91. The summed E-state index contributed by atoms with van der Waals surface area (Å²) in [5.41, 5.74) is 1.69. The van der Waals surface area contributed by atoms with Crippen LogP contribution in [-0.2, 0) is 10.1 Å². The Labute approximate surface area is 165 Å². The van der Waals surface area contributed by atoms with Crippen molar-refractivity contribution in [1.29, 1.82) is 0 Å². The zero-order chi connectivity index (χ0) is 20.6. The first kappa shape index (κ1) is 18.7. The molecule has 3 aromatic carbocycles. The van der Waals surface area contributed by atoms with Crippen LogP contribution in [-0.4, -0.2) is 29.1 Å². The molecule has 0 unspecified atom stereocenters. The highest BCUT2D eigenvalue weighted by Gasteiger charge is 2.14. The molecule has 0 saturated heterocycles. The number of aromatic hydroxyl groups is 1. The number of nitrogens with one attached hydrogen (secondary N) is 2. The van der Waals surface area contributed by atoms with Crippen molar-refractivity contribution in [3.8, 4) is 5.75 Å². The Kier molecular flexibility index (Phi) is 4.53. The molecule has 0 aliphatic rings. The van der Waals surface area contributed by atoms with E-state index in [1.54, 1.807) is 18.3 Å². The molecule has 0 fully saturated rings. The van der Waals surface area contributed by atoms with Crippen LogP contribution in [0.25, 0.3) is 21.7 Å². The van der Waals surface area contributed by atoms with Crippen LogP contribution < -0.4 is 10.6 Å². The second-order valence-electron chi connectivity index (χ2n) is 6.35. The van der Waals surface area contributed by atoms with Gasteiger partial charge in [-0.05, 0) is 41.8 Å². The van der Waals surface area contributed by atoms with Crippen LogP contribution in [0.15, 0.2) is 71.8 Å². The van der Waals surface area contributed by atoms with Gasteiger partial charge in [0.15, 0.2) is 0 Å². The van der Waals surface area contributed by atoms with Gasteiger partial charge in [0.05, 0.1) is 22.3 Å². The van der Waals surface area contributed by atoms with Gasteiger partial charge in [-0.15, -0.1) is 0 Å². The number of urea groups is 1. The topological polar surface area (TPSA) is 129 Å². The van der Waals surface area contributed by atoms with E-state index >= 15 is 0 Å². The molecule has 0 aliphatic heterocycles. The molecular formula is C20H15N3O5S. The van der Waals surface area contributed by atoms with Crippen molar-refractivity contribution < 1.29 is 22.9 Å². The van der Waals surface area contributed by atoms with Crippen molar-refractivity contribution in [2.45, 2.75) is 4.90 Å². The number of carbonyl (C=O) groups is 1. The van der Waals surface area contributed by atoms with Crippen LogP contribution in [0.5, 0.6) is 5.75 Å². The summed E-state index contributed by atoms with van der Waals surface area (Å²) >= 11 is 0. The van der Waals surface area contributed by atoms with E-state index in [0.717, 1.165) is 17.0 Å². The number of fused-ring (bicyclic) bond motifs is 2. The average Bonchev–Trinajstić information content (AvgIpc) is 2.67. The van der Waals surface area contributed by atoms with Crippen LogP contribution in [0.4, 0.5) is 16.2 Å². The number of rotatable bonds is 3. The monoisotopic (exact) mass is 409 g/mol. The second kappa shape index (κ2) is 7.04. The highest BCUT2D eigenvalue weighted by atomic mass is 32.2. The van der Waals surface area contributed by atoms with E-state index in [1.165, 1.54) is 18.2 Å². The minimum absolute atomic E-state index is 0.298. The van der Waals surface area contributed by atoms with E-state index in [1.807, 2.05) is 24.3 Å². The average molecular weight is 409 g/mol. The first-order valence-electron chi connectivity index (χ1n) is 8.47. The standard InChI is InChI=1S/C20H15N3O5S/c24-19-10-16(29(26,27)28)9-13-8-14(5-6-17(13)19)22-20(25)23-15-7-12-3-1-2-4-18(12)21-11-15/h1-11,24H,(H2,22,23,25)(H,26,27,28). The van der Waals surface area contributed by atoms with Crippen molar-refractivity contribution >= 4 is 49.2 Å². The third-order valence-electron chi connectivity index (χ3n) is 4.31. The molecule has 0 atom stereocenters. The minimum atomic E-state index is -4.48. The quantitative estimate of drug-likeness (QED) is 0.379. The fourth-order valence-corrected chi connectivity index (χ4v) is 3.52. The van der Waals surface area contributed by atoms with E-state index in [-0.39, 0.29) is 5.75 Å². The molecule has 0 saturated carbocycles. The number of benzene rings is 3. The molecule has 8 nitrogen and oxygen atoms in total. The number of para-hydroxylation sites is 1. The largest absolute Gasteiger partial charge is 0.507 e. The summed E-state index contributed by atoms with van der Waals surface area (Å²) in [6.45, 7) is 0. The summed E-state index contributed by atoms with van der Waals surface area (Å²) in [5, 5.41) is 16.9.